The van der Waals surface area contributed by atoms with E-state index in [1.54, 1.807) is 20.3 Å². The van der Waals surface area contributed by atoms with Crippen LogP contribution in [0.4, 0.5) is 5.69 Å². The summed E-state index contributed by atoms with van der Waals surface area (Å²) in [7, 11) is 3.20. The fraction of sp³-hybridized carbons (Fsp3) is 0.318. The van der Waals surface area contributed by atoms with Crippen LogP contribution in [0.1, 0.15) is 17.2 Å². The number of nitrogens with one attached hydrogen (secondary N) is 1. The summed E-state index contributed by atoms with van der Waals surface area (Å²) < 4.78 is 21.7. The van der Waals surface area contributed by atoms with Gasteiger partial charge in [0.25, 0.3) is 0 Å². The molecule has 0 saturated carbocycles. The maximum absolute atomic E-state index is 12.7. The Morgan fingerprint density at radius 1 is 1.00 bits per heavy atom. The molecule has 2 aromatic carbocycles. The van der Waals surface area contributed by atoms with E-state index in [-0.39, 0.29) is 18.3 Å². The Bertz CT molecular complexity index is 1060. The second-order valence-corrected chi connectivity index (χ2v) is 6.74. The summed E-state index contributed by atoms with van der Waals surface area (Å²) in [6, 6.07) is 11.2. The van der Waals surface area contributed by atoms with Gasteiger partial charge in [-0.15, -0.1) is 12.4 Å². The molecule has 0 bridgehead atoms. The van der Waals surface area contributed by atoms with E-state index in [0.29, 0.717) is 49.1 Å². The zero-order chi connectivity index (χ0) is 20.9. The second-order valence-electron chi connectivity index (χ2n) is 6.74. The molecule has 9 heteroatoms. The van der Waals surface area contributed by atoms with E-state index >= 15 is 0 Å². The van der Waals surface area contributed by atoms with E-state index in [4.69, 9.17) is 18.9 Å². The zero-order valence-electron chi connectivity index (χ0n) is 17.3. The number of carbonyl (C=O) groups excluding carboxylic acids is 1. The lowest BCUT2D eigenvalue weighted by Gasteiger charge is -2.15. The molecule has 0 fully saturated rings. The summed E-state index contributed by atoms with van der Waals surface area (Å²) in [5, 5.41) is 3.67. The molecule has 1 aromatic heterocycles. The first-order chi connectivity index (χ1) is 14.7. The molecule has 1 atom stereocenters. The van der Waals surface area contributed by atoms with Crippen molar-refractivity contribution >= 4 is 34.9 Å². The number of anilines is 1. The van der Waals surface area contributed by atoms with Crippen LogP contribution in [0, 0.1) is 0 Å². The van der Waals surface area contributed by atoms with E-state index < -0.39 is 5.92 Å². The highest BCUT2D eigenvalue weighted by atomic mass is 35.5. The molecule has 0 spiro atoms. The third-order valence-corrected chi connectivity index (χ3v) is 4.93. The van der Waals surface area contributed by atoms with Crippen molar-refractivity contribution in [2.45, 2.75) is 5.92 Å². The Morgan fingerprint density at radius 2 is 1.81 bits per heavy atom. The van der Waals surface area contributed by atoms with Crippen molar-refractivity contribution < 1.29 is 23.7 Å². The van der Waals surface area contributed by atoms with Gasteiger partial charge < -0.3 is 24.3 Å². The average molecular weight is 446 g/mol. The summed E-state index contributed by atoms with van der Waals surface area (Å²) in [6.07, 6.45) is 1.47. The number of aromatic nitrogens is 2. The van der Waals surface area contributed by atoms with Crippen molar-refractivity contribution in [1.29, 1.82) is 0 Å². The quantitative estimate of drug-likeness (QED) is 0.505. The van der Waals surface area contributed by atoms with Crippen LogP contribution in [-0.4, -0.2) is 56.5 Å². The van der Waals surface area contributed by atoms with E-state index in [9.17, 15) is 4.79 Å². The van der Waals surface area contributed by atoms with Crippen molar-refractivity contribution in [2.24, 2.45) is 0 Å². The predicted octanol–water partition coefficient (Wildman–Crippen LogP) is 3.19. The zero-order valence-corrected chi connectivity index (χ0v) is 18.1. The summed E-state index contributed by atoms with van der Waals surface area (Å²) in [5.41, 5.74) is 3.01. The van der Waals surface area contributed by atoms with Crippen LogP contribution in [0.5, 0.6) is 11.5 Å². The maximum Gasteiger partial charge on any atom is 0.238 e. The molecule has 1 aliphatic heterocycles. The molecule has 3 aromatic rings. The first kappa shape index (κ1) is 22.7. The molecule has 0 aliphatic carbocycles. The molecular formula is C22H24ClN3O5. The number of para-hydroxylation sites is 1. The molecule has 1 unspecified atom stereocenters. The normalized spacial score (nSPS) is 14.6. The van der Waals surface area contributed by atoms with Crippen LogP contribution in [0.25, 0.3) is 10.9 Å². The van der Waals surface area contributed by atoms with Gasteiger partial charge >= 0.3 is 0 Å². The largest absolute Gasteiger partial charge is 0.493 e. The Labute approximate surface area is 186 Å². The van der Waals surface area contributed by atoms with Gasteiger partial charge in [0.2, 0.25) is 5.91 Å². The Hall–Kier alpha value is -2.94. The lowest BCUT2D eigenvalue weighted by molar-refractivity contribution is -0.116. The van der Waals surface area contributed by atoms with Crippen molar-refractivity contribution in [3.05, 3.63) is 54.0 Å². The van der Waals surface area contributed by atoms with Gasteiger partial charge in [0.05, 0.1) is 38.1 Å². The number of methoxy groups -OCH3 is 2. The van der Waals surface area contributed by atoms with E-state index in [0.717, 1.165) is 16.6 Å². The predicted molar refractivity (Wildman–Crippen MR) is 118 cm³/mol. The molecule has 1 aliphatic rings. The fourth-order valence-electron chi connectivity index (χ4n) is 3.52. The van der Waals surface area contributed by atoms with Gasteiger partial charge in [-0.25, -0.2) is 9.97 Å². The molecule has 1 N–H and O–H groups in total. The highest BCUT2D eigenvalue weighted by Crippen LogP contribution is 2.40. The van der Waals surface area contributed by atoms with Crippen LogP contribution in [-0.2, 0) is 14.3 Å². The average Bonchev–Trinajstić information content (AvgIpc) is 3.10. The number of nitrogens with zero attached hydrogens (tertiary/aromatic N) is 2. The van der Waals surface area contributed by atoms with Gasteiger partial charge in [-0.2, -0.15) is 0 Å². The number of benzene rings is 2. The number of ether oxygens (including phenoxy) is 4. The molecule has 1 amide bonds. The monoisotopic (exact) mass is 445 g/mol. The summed E-state index contributed by atoms with van der Waals surface area (Å²) in [5.74, 6) is 0.490. The Kier molecular flexibility index (Phi) is 7.62. The SMILES string of the molecule is COCCOCCOc1cc2ncnc(C3C(=O)Nc4ccccc43)c2cc1OC.Cl. The lowest BCUT2D eigenvalue weighted by atomic mass is 9.94. The number of rotatable bonds is 9. The topological polar surface area (TPSA) is 91.8 Å². The van der Waals surface area contributed by atoms with E-state index in [1.807, 2.05) is 30.3 Å². The van der Waals surface area contributed by atoms with Gasteiger partial charge in [0.1, 0.15) is 18.9 Å². The van der Waals surface area contributed by atoms with Crippen molar-refractivity contribution in [3.8, 4) is 11.5 Å². The van der Waals surface area contributed by atoms with E-state index in [2.05, 4.69) is 15.3 Å². The lowest BCUT2D eigenvalue weighted by Crippen LogP contribution is -2.15. The van der Waals surface area contributed by atoms with Crippen LogP contribution >= 0.6 is 12.4 Å². The van der Waals surface area contributed by atoms with Gasteiger partial charge in [0, 0.05) is 24.2 Å². The number of hydrogen-bond donors (Lipinski definition) is 1. The Balaban J connectivity index is 0.00000272. The van der Waals surface area contributed by atoms with Crippen LogP contribution in [0.2, 0.25) is 0 Å². The first-order valence-electron chi connectivity index (χ1n) is 9.65. The second kappa shape index (κ2) is 10.4. The minimum atomic E-state index is -0.502. The van der Waals surface area contributed by atoms with Crippen LogP contribution in [0.3, 0.4) is 0 Å². The highest BCUT2D eigenvalue weighted by Gasteiger charge is 2.34. The fourth-order valence-corrected chi connectivity index (χ4v) is 3.52. The number of halogens is 1. The van der Waals surface area contributed by atoms with Crippen LogP contribution in [0.15, 0.2) is 42.7 Å². The van der Waals surface area contributed by atoms with Crippen LogP contribution < -0.4 is 14.8 Å². The summed E-state index contributed by atoms with van der Waals surface area (Å²) in [4.78, 5) is 21.5. The number of amides is 1. The molecule has 8 nitrogen and oxygen atoms in total. The van der Waals surface area contributed by atoms with Gasteiger partial charge in [0.15, 0.2) is 11.5 Å². The molecule has 164 valence electrons. The molecule has 4 rings (SSSR count). The number of fused-ring (bicyclic) bond motifs is 2. The summed E-state index contributed by atoms with van der Waals surface area (Å²) >= 11 is 0. The Morgan fingerprint density at radius 3 is 2.61 bits per heavy atom. The number of carbonyl (C=O) groups is 1. The summed E-state index contributed by atoms with van der Waals surface area (Å²) in [6.45, 7) is 1.84. The van der Waals surface area contributed by atoms with Crippen molar-refractivity contribution in [2.75, 3.05) is 46.0 Å². The standard InChI is InChI=1S/C22H23N3O5.ClH/c1-27-7-8-29-9-10-30-19-12-17-15(11-18(19)28-2)21(24-13-23-17)20-14-5-3-4-6-16(14)25-22(20)26;/h3-6,11-13,20H,7-10H2,1-2H3,(H,25,26);1H. The first-order valence-corrected chi connectivity index (χ1v) is 9.65. The minimum absolute atomic E-state index is 0. The third-order valence-electron chi connectivity index (χ3n) is 4.93. The minimum Gasteiger partial charge on any atom is -0.493 e. The molecular weight excluding hydrogens is 422 g/mol. The molecule has 0 radical (unpaired) electrons. The van der Waals surface area contributed by atoms with Gasteiger partial charge in [-0.1, -0.05) is 18.2 Å². The van der Waals surface area contributed by atoms with Gasteiger partial charge in [-0.3, -0.25) is 4.79 Å². The smallest absolute Gasteiger partial charge is 0.238 e. The molecule has 0 saturated heterocycles. The number of hydrogen-bond acceptors (Lipinski definition) is 7. The van der Waals surface area contributed by atoms with Crippen molar-refractivity contribution in [3.63, 3.8) is 0 Å². The highest BCUT2D eigenvalue weighted by molar-refractivity contribution is 6.06. The van der Waals surface area contributed by atoms with Crippen molar-refractivity contribution in [1.82, 2.24) is 9.97 Å². The molecule has 31 heavy (non-hydrogen) atoms. The molecule has 2 heterocycles. The maximum atomic E-state index is 12.7. The van der Waals surface area contributed by atoms with Gasteiger partial charge in [-0.05, 0) is 17.7 Å². The third kappa shape index (κ3) is 4.71. The van der Waals surface area contributed by atoms with E-state index in [1.165, 1.54) is 6.33 Å².